The molecule has 1 N–H and O–H groups in total. The Bertz CT molecular complexity index is 439. The minimum atomic E-state index is -1.00. The van der Waals surface area contributed by atoms with E-state index in [0.717, 1.165) is 5.56 Å². The molecule has 0 aliphatic carbocycles. The van der Waals surface area contributed by atoms with Crippen molar-refractivity contribution < 1.29 is 5.11 Å². The summed E-state index contributed by atoms with van der Waals surface area (Å²) in [6, 6.07) is 15.4. The first-order valence-corrected chi connectivity index (χ1v) is 6.32. The molecule has 0 aliphatic heterocycles. The molecule has 2 nitrogen and oxygen atoms in total. The fraction of sp³-hybridized carbons (Fsp3) is 0.312. The fourth-order valence-electron chi connectivity index (χ4n) is 2.28. The summed E-state index contributed by atoms with van der Waals surface area (Å²) in [6.45, 7) is 4.22. The molecule has 0 saturated heterocycles. The van der Waals surface area contributed by atoms with Crippen LogP contribution in [0, 0.1) is 5.92 Å². The number of hydrogen-bond donors (Lipinski definition) is 1. The largest absolute Gasteiger partial charge is 0.379 e. The Hall–Kier alpha value is -1.67. The number of benzene rings is 1. The molecule has 0 saturated carbocycles. The van der Waals surface area contributed by atoms with Gasteiger partial charge in [0.15, 0.2) is 0 Å². The number of hydrogen-bond acceptors (Lipinski definition) is 2. The molecule has 2 heteroatoms. The highest BCUT2D eigenvalue weighted by atomic mass is 16.3. The van der Waals surface area contributed by atoms with E-state index in [1.165, 1.54) is 0 Å². The lowest BCUT2D eigenvalue weighted by Gasteiger charge is -2.30. The highest BCUT2D eigenvalue weighted by Gasteiger charge is 2.33. The molecular weight excluding hydrogens is 222 g/mol. The first kappa shape index (κ1) is 12.8. The van der Waals surface area contributed by atoms with Gasteiger partial charge in [-0.25, -0.2) is 0 Å². The van der Waals surface area contributed by atoms with Gasteiger partial charge >= 0.3 is 0 Å². The maximum Gasteiger partial charge on any atom is 0.132 e. The van der Waals surface area contributed by atoms with Gasteiger partial charge in [0.1, 0.15) is 5.60 Å². The first-order chi connectivity index (χ1) is 8.63. The molecule has 0 radical (unpaired) electrons. The zero-order chi connectivity index (χ0) is 13.0. The van der Waals surface area contributed by atoms with Crippen LogP contribution in [0.1, 0.15) is 31.5 Å². The summed E-state index contributed by atoms with van der Waals surface area (Å²) in [5.74, 6) is 0.386. The van der Waals surface area contributed by atoms with Gasteiger partial charge in [0.2, 0.25) is 0 Å². The summed E-state index contributed by atoms with van der Waals surface area (Å²) >= 11 is 0. The third kappa shape index (κ3) is 2.59. The van der Waals surface area contributed by atoms with Crippen LogP contribution >= 0.6 is 0 Å². The van der Waals surface area contributed by atoms with Crippen LogP contribution in [0.3, 0.4) is 0 Å². The SMILES string of the molecule is CC(C)CC(O)(c1ccccc1)c1ccccn1. The Morgan fingerprint density at radius 3 is 2.28 bits per heavy atom. The van der Waals surface area contributed by atoms with E-state index < -0.39 is 5.60 Å². The standard InChI is InChI=1S/C16H19NO/c1-13(2)12-16(18,14-8-4-3-5-9-14)15-10-6-7-11-17-15/h3-11,13,18H,12H2,1-2H3. The Kier molecular flexibility index (Phi) is 3.78. The number of rotatable bonds is 4. The lowest BCUT2D eigenvalue weighted by atomic mass is 9.83. The average Bonchev–Trinajstić information content (AvgIpc) is 2.40. The normalized spacial score (nSPS) is 14.4. The zero-order valence-electron chi connectivity index (χ0n) is 10.9. The molecule has 1 aromatic carbocycles. The molecule has 1 unspecified atom stereocenters. The van der Waals surface area contributed by atoms with Crippen molar-refractivity contribution in [3.05, 3.63) is 66.0 Å². The topological polar surface area (TPSA) is 33.1 Å². The van der Waals surface area contributed by atoms with Crippen molar-refractivity contribution in [2.45, 2.75) is 25.9 Å². The summed E-state index contributed by atoms with van der Waals surface area (Å²) in [4.78, 5) is 4.33. The molecule has 0 spiro atoms. The molecular formula is C16H19NO. The Morgan fingerprint density at radius 1 is 1.06 bits per heavy atom. The lowest BCUT2D eigenvalue weighted by Crippen LogP contribution is -2.30. The highest BCUT2D eigenvalue weighted by Crippen LogP contribution is 2.34. The molecule has 0 bridgehead atoms. The minimum Gasteiger partial charge on any atom is -0.379 e. The van der Waals surface area contributed by atoms with Gasteiger partial charge in [-0.2, -0.15) is 0 Å². The number of aromatic nitrogens is 1. The lowest BCUT2D eigenvalue weighted by molar-refractivity contribution is 0.0531. The summed E-state index contributed by atoms with van der Waals surface area (Å²) in [6.07, 6.45) is 2.39. The Labute approximate surface area is 108 Å². The van der Waals surface area contributed by atoms with Gasteiger partial charge in [-0.1, -0.05) is 50.2 Å². The molecule has 94 valence electrons. The van der Waals surface area contributed by atoms with Crippen LogP contribution in [0.4, 0.5) is 0 Å². The first-order valence-electron chi connectivity index (χ1n) is 6.32. The molecule has 1 aromatic heterocycles. The number of aliphatic hydroxyl groups is 1. The van der Waals surface area contributed by atoms with Crippen molar-refractivity contribution in [1.82, 2.24) is 4.98 Å². The van der Waals surface area contributed by atoms with Crippen LogP contribution in [0.2, 0.25) is 0 Å². The second-order valence-electron chi connectivity index (χ2n) is 5.04. The maximum absolute atomic E-state index is 11.1. The van der Waals surface area contributed by atoms with Gasteiger partial charge in [-0.05, 0) is 30.0 Å². The van der Waals surface area contributed by atoms with Crippen molar-refractivity contribution in [3.63, 3.8) is 0 Å². The van der Waals surface area contributed by atoms with E-state index in [1.54, 1.807) is 6.20 Å². The van der Waals surface area contributed by atoms with E-state index in [4.69, 9.17) is 0 Å². The second kappa shape index (κ2) is 5.32. The van der Waals surface area contributed by atoms with Gasteiger partial charge in [0.05, 0.1) is 5.69 Å². The van der Waals surface area contributed by atoms with Gasteiger partial charge in [-0.3, -0.25) is 4.98 Å². The van der Waals surface area contributed by atoms with Gasteiger partial charge in [-0.15, -0.1) is 0 Å². The molecule has 0 fully saturated rings. The Morgan fingerprint density at radius 2 is 1.72 bits per heavy atom. The van der Waals surface area contributed by atoms with Crippen LogP contribution in [0.5, 0.6) is 0 Å². The van der Waals surface area contributed by atoms with E-state index in [2.05, 4.69) is 18.8 Å². The molecule has 2 rings (SSSR count). The molecule has 2 aromatic rings. The molecule has 1 atom stereocenters. The average molecular weight is 241 g/mol. The minimum absolute atomic E-state index is 0.386. The molecule has 0 amide bonds. The Balaban J connectivity index is 2.48. The van der Waals surface area contributed by atoms with Gasteiger partial charge < -0.3 is 5.11 Å². The maximum atomic E-state index is 11.1. The zero-order valence-corrected chi connectivity index (χ0v) is 10.9. The third-order valence-electron chi connectivity index (χ3n) is 3.04. The quantitative estimate of drug-likeness (QED) is 0.890. The monoisotopic (exact) mass is 241 g/mol. The van der Waals surface area contributed by atoms with Crippen molar-refractivity contribution in [1.29, 1.82) is 0 Å². The van der Waals surface area contributed by atoms with Gasteiger partial charge in [0, 0.05) is 6.20 Å². The molecule has 18 heavy (non-hydrogen) atoms. The van der Waals surface area contributed by atoms with E-state index in [-0.39, 0.29) is 0 Å². The summed E-state index contributed by atoms with van der Waals surface area (Å²) in [5, 5.41) is 11.1. The highest BCUT2D eigenvalue weighted by molar-refractivity contribution is 5.32. The van der Waals surface area contributed by atoms with Crippen LogP contribution in [-0.4, -0.2) is 10.1 Å². The summed E-state index contributed by atoms with van der Waals surface area (Å²) in [7, 11) is 0. The van der Waals surface area contributed by atoms with E-state index in [0.29, 0.717) is 18.0 Å². The van der Waals surface area contributed by atoms with Crippen LogP contribution in [0.15, 0.2) is 54.7 Å². The van der Waals surface area contributed by atoms with Gasteiger partial charge in [0.25, 0.3) is 0 Å². The summed E-state index contributed by atoms with van der Waals surface area (Å²) in [5.41, 5.74) is 0.610. The fourth-order valence-corrected chi connectivity index (χ4v) is 2.28. The predicted octanol–water partition coefficient (Wildman–Crippen LogP) is 3.36. The molecule has 0 aliphatic rings. The van der Waals surface area contributed by atoms with Crippen LogP contribution < -0.4 is 0 Å². The third-order valence-corrected chi connectivity index (χ3v) is 3.04. The van der Waals surface area contributed by atoms with Crippen molar-refractivity contribution >= 4 is 0 Å². The number of nitrogens with zero attached hydrogens (tertiary/aromatic N) is 1. The van der Waals surface area contributed by atoms with E-state index in [1.807, 2.05) is 48.5 Å². The van der Waals surface area contributed by atoms with E-state index in [9.17, 15) is 5.11 Å². The van der Waals surface area contributed by atoms with Crippen molar-refractivity contribution in [3.8, 4) is 0 Å². The van der Waals surface area contributed by atoms with E-state index >= 15 is 0 Å². The smallest absolute Gasteiger partial charge is 0.132 e. The molecule has 1 heterocycles. The second-order valence-corrected chi connectivity index (χ2v) is 5.04. The van der Waals surface area contributed by atoms with Crippen LogP contribution in [0.25, 0.3) is 0 Å². The predicted molar refractivity (Wildman–Crippen MR) is 73.1 cm³/mol. The van der Waals surface area contributed by atoms with Crippen molar-refractivity contribution in [2.24, 2.45) is 5.92 Å². The summed E-state index contributed by atoms with van der Waals surface area (Å²) < 4.78 is 0. The van der Waals surface area contributed by atoms with Crippen molar-refractivity contribution in [2.75, 3.05) is 0 Å². The number of pyridine rings is 1. The van der Waals surface area contributed by atoms with Crippen LogP contribution in [-0.2, 0) is 5.60 Å².